The van der Waals surface area contributed by atoms with Gasteiger partial charge in [0.05, 0.1) is 34.5 Å². The molecule has 1 aliphatic heterocycles. The third kappa shape index (κ3) is 4.21. The van der Waals surface area contributed by atoms with E-state index in [1.807, 2.05) is 18.2 Å². The first-order chi connectivity index (χ1) is 14.0. The van der Waals surface area contributed by atoms with Crippen LogP contribution in [-0.2, 0) is 4.79 Å². The Hall–Kier alpha value is -3.42. The fourth-order valence-electron chi connectivity index (χ4n) is 3.31. The minimum atomic E-state index is -0.324. The van der Waals surface area contributed by atoms with E-state index in [1.54, 1.807) is 30.2 Å². The first-order valence-corrected chi connectivity index (χ1v) is 9.06. The normalized spacial score (nSPS) is 15.8. The van der Waals surface area contributed by atoms with Gasteiger partial charge in [-0.3, -0.25) is 9.59 Å². The van der Waals surface area contributed by atoms with E-state index in [2.05, 4.69) is 5.32 Å². The van der Waals surface area contributed by atoms with E-state index in [-0.39, 0.29) is 24.3 Å². The number of benzene rings is 2. The SMILES string of the molecule is COc1cccc(N2C[C@@H](NC(=O)c3cc(OC)c(OC)c(OC)c3)CC2=O)c1. The Morgan fingerprint density at radius 3 is 2.28 bits per heavy atom. The van der Waals surface area contributed by atoms with Crippen LogP contribution in [-0.4, -0.2) is 52.8 Å². The van der Waals surface area contributed by atoms with E-state index in [0.29, 0.717) is 35.1 Å². The predicted molar refractivity (Wildman–Crippen MR) is 107 cm³/mol. The highest BCUT2D eigenvalue weighted by Gasteiger charge is 2.32. The van der Waals surface area contributed by atoms with E-state index in [4.69, 9.17) is 18.9 Å². The second kappa shape index (κ2) is 8.72. The Morgan fingerprint density at radius 1 is 1.00 bits per heavy atom. The van der Waals surface area contributed by atoms with Gasteiger partial charge in [0.25, 0.3) is 5.91 Å². The van der Waals surface area contributed by atoms with E-state index in [0.717, 1.165) is 5.69 Å². The van der Waals surface area contributed by atoms with Crippen LogP contribution in [0, 0.1) is 0 Å². The van der Waals surface area contributed by atoms with Crippen LogP contribution in [0.5, 0.6) is 23.0 Å². The Morgan fingerprint density at radius 2 is 1.69 bits per heavy atom. The number of ether oxygens (including phenoxy) is 4. The van der Waals surface area contributed by atoms with Crippen LogP contribution in [0.25, 0.3) is 0 Å². The molecule has 0 saturated carbocycles. The van der Waals surface area contributed by atoms with Crippen LogP contribution in [0.15, 0.2) is 36.4 Å². The molecule has 2 amide bonds. The molecule has 154 valence electrons. The lowest BCUT2D eigenvalue weighted by Gasteiger charge is -2.18. The quantitative estimate of drug-likeness (QED) is 0.767. The zero-order valence-electron chi connectivity index (χ0n) is 16.9. The second-order valence-corrected chi connectivity index (χ2v) is 6.49. The summed E-state index contributed by atoms with van der Waals surface area (Å²) < 4.78 is 21.1. The van der Waals surface area contributed by atoms with Gasteiger partial charge >= 0.3 is 0 Å². The summed E-state index contributed by atoms with van der Waals surface area (Å²) in [6, 6.07) is 10.1. The molecule has 2 aromatic carbocycles. The van der Waals surface area contributed by atoms with Crippen molar-refractivity contribution in [2.75, 3.05) is 39.9 Å². The number of nitrogens with zero attached hydrogens (tertiary/aromatic N) is 1. The number of nitrogens with one attached hydrogen (secondary N) is 1. The summed E-state index contributed by atoms with van der Waals surface area (Å²) in [5.74, 6) is 1.46. The molecule has 2 aromatic rings. The maximum atomic E-state index is 12.8. The molecule has 0 aromatic heterocycles. The Labute approximate surface area is 169 Å². The summed E-state index contributed by atoms with van der Waals surface area (Å²) in [6.07, 6.45) is 0.216. The van der Waals surface area contributed by atoms with Crippen molar-refractivity contribution in [3.63, 3.8) is 0 Å². The fourth-order valence-corrected chi connectivity index (χ4v) is 3.31. The minimum absolute atomic E-state index is 0.0616. The monoisotopic (exact) mass is 400 g/mol. The molecule has 0 aliphatic carbocycles. The summed E-state index contributed by atoms with van der Waals surface area (Å²) in [4.78, 5) is 26.9. The highest BCUT2D eigenvalue weighted by molar-refractivity contribution is 5.99. The standard InChI is InChI=1S/C21H24N2O6/c1-26-16-7-5-6-15(11-16)23-12-14(10-19(23)24)22-21(25)13-8-17(27-2)20(29-4)18(9-13)28-3/h5-9,11,14H,10,12H2,1-4H3,(H,22,25)/t14-/m0/s1. The molecule has 0 bridgehead atoms. The molecule has 0 spiro atoms. The lowest BCUT2D eigenvalue weighted by molar-refractivity contribution is -0.117. The van der Waals surface area contributed by atoms with Crippen LogP contribution in [0.1, 0.15) is 16.8 Å². The number of rotatable bonds is 7. The zero-order valence-corrected chi connectivity index (χ0v) is 16.9. The third-order valence-corrected chi connectivity index (χ3v) is 4.75. The van der Waals surface area contributed by atoms with Crippen molar-refractivity contribution in [1.82, 2.24) is 5.32 Å². The molecule has 8 heteroatoms. The molecule has 0 radical (unpaired) electrons. The average molecular weight is 400 g/mol. The van der Waals surface area contributed by atoms with Crippen LogP contribution >= 0.6 is 0 Å². The number of hydrogen-bond acceptors (Lipinski definition) is 6. The van der Waals surface area contributed by atoms with Gasteiger partial charge in [-0.15, -0.1) is 0 Å². The summed E-state index contributed by atoms with van der Waals surface area (Å²) in [6.45, 7) is 0.377. The molecule has 1 saturated heterocycles. The van der Waals surface area contributed by atoms with Gasteiger partial charge in [-0.05, 0) is 24.3 Å². The number of methoxy groups -OCH3 is 4. The lowest BCUT2D eigenvalue weighted by Crippen LogP contribution is -2.37. The summed E-state index contributed by atoms with van der Waals surface area (Å²) in [5.41, 5.74) is 1.09. The van der Waals surface area contributed by atoms with Crippen molar-refractivity contribution < 1.29 is 28.5 Å². The predicted octanol–water partition coefficient (Wildman–Crippen LogP) is 2.26. The number of carbonyl (C=O) groups is 2. The van der Waals surface area contributed by atoms with Crippen LogP contribution in [0.4, 0.5) is 5.69 Å². The highest BCUT2D eigenvalue weighted by atomic mass is 16.5. The molecule has 1 fully saturated rings. The van der Waals surface area contributed by atoms with Crippen molar-refractivity contribution in [1.29, 1.82) is 0 Å². The molecule has 8 nitrogen and oxygen atoms in total. The van der Waals surface area contributed by atoms with Gasteiger partial charge < -0.3 is 29.2 Å². The first-order valence-electron chi connectivity index (χ1n) is 9.06. The van der Waals surface area contributed by atoms with Gasteiger partial charge in [-0.2, -0.15) is 0 Å². The zero-order chi connectivity index (χ0) is 21.0. The van der Waals surface area contributed by atoms with Crippen molar-refractivity contribution in [2.45, 2.75) is 12.5 Å². The molecule has 3 rings (SSSR count). The van der Waals surface area contributed by atoms with Crippen LogP contribution in [0.2, 0.25) is 0 Å². The molecular weight excluding hydrogens is 376 g/mol. The molecule has 1 heterocycles. The van der Waals surface area contributed by atoms with E-state index in [1.165, 1.54) is 21.3 Å². The lowest BCUT2D eigenvalue weighted by atomic mass is 10.1. The molecule has 1 atom stereocenters. The molecule has 0 unspecified atom stereocenters. The maximum absolute atomic E-state index is 12.8. The molecule has 29 heavy (non-hydrogen) atoms. The van der Waals surface area contributed by atoms with Crippen LogP contribution < -0.4 is 29.2 Å². The van der Waals surface area contributed by atoms with Crippen LogP contribution in [0.3, 0.4) is 0 Å². The number of anilines is 1. The Kier molecular flexibility index (Phi) is 6.11. The largest absolute Gasteiger partial charge is 0.497 e. The van der Waals surface area contributed by atoms with E-state index < -0.39 is 0 Å². The van der Waals surface area contributed by atoms with Gasteiger partial charge in [0.15, 0.2) is 11.5 Å². The summed E-state index contributed by atoms with van der Waals surface area (Å²) in [5, 5.41) is 2.91. The molecule has 1 aliphatic rings. The van der Waals surface area contributed by atoms with Crippen molar-refractivity contribution in [3.05, 3.63) is 42.0 Å². The van der Waals surface area contributed by atoms with Crippen molar-refractivity contribution >= 4 is 17.5 Å². The van der Waals surface area contributed by atoms with E-state index >= 15 is 0 Å². The maximum Gasteiger partial charge on any atom is 0.251 e. The smallest absolute Gasteiger partial charge is 0.251 e. The number of carbonyl (C=O) groups excluding carboxylic acids is 2. The molecule has 1 N–H and O–H groups in total. The van der Waals surface area contributed by atoms with E-state index in [9.17, 15) is 9.59 Å². The molecular formula is C21H24N2O6. The minimum Gasteiger partial charge on any atom is -0.497 e. The average Bonchev–Trinajstić information content (AvgIpc) is 3.12. The van der Waals surface area contributed by atoms with Crippen molar-refractivity contribution in [3.8, 4) is 23.0 Å². The summed E-state index contributed by atoms with van der Waals surface area (Å²) >= 11 is 0. The van der Waals surface area contributed by atoms with Gasteiger partial charge in [0.2, 0.25) is 11.7 Å². The van der Waals surface area contributed by atoms with Gasteiger partial charge in [0, 0.05) is 30.3 Å². The van der Waals surface area contributed by atoms with Crippen molar-refractivity contribution in [2.24, 2.45) is 0 Å². The first kappa shape index (κ1) is 20.3. The number of hydrogen-bond donors (Lipinski definition) is 1. The topological polar surface area (TPSA) is 86.3 Å². The van der Waals surface area contributed by atoms with Gasteiger partial charge in [-0.25, -0.2) is 0 Å². The van der Waals surface area contributed by atoms with Gasteiger partial charge in [0.1, 0.15) is 5.75 Å². The Bertz CT molecular complexity index is 889. The third-order valence-electron chi connectivity index (χ3n) is 4.75. The number of amides is 2. The second-order valence-electron chi connectivity index (χ2n) is 6.49. The fraction of sp³-hybridized carbons (Fsp3) is 0.333. The Balaban J connectivity index is 1.75. The van der Waals surface area contributed by atoms with Gasteiger partial charge in [-0.1, -0.05) is 6.07 Å². The highest BCUT2D eigenvalue weighted by Crippen LogP contribution is 2.38. The summed E-state index contributed by atoms with van der Waals surface area (Å²) in [7, 11) is 6.05.